The Labute approximate surface area is 125 Å². The highest BCUT2D eigenvalue weighted by molar-refractivity contribution is 5.93. The standard InChI is InChI=1S/C15H22N2O4/c1-5-20-11(2)15(19)16-12-6-8-13(9-7-12)21-10-14(18)17(3)4/h6-9,11H,5,10H2,1-4H3,(H,16,19)/t11-/m0/s1. The van der Waals surface area contributed by atoms with Gasteiger partial charge in [-0.15, -0.1) is 0 Å². The highest BCUT2D eigenvalue weighted by atomic mass is 16.5. The molecule has 1 aromatic carbocycles. The van der Waals surface area contributed by atoms with Crippen LogP contribution < -0.4 is 10.1 Å². The lowest BCUT2D eigenvalue weighted by molar-refractivity contribution is -0.130. The lowest BCUT2D eigenvalue weighted by Gasteiger charge is -2.13. The molecule has 116 valence electrons. The Bertz CT molecular complexity index is 471. The third-order valence-corrected chi connectivity index (χ3v) is 2.77. The van der Waals surface area contributed by atoms with Gasteiger partial charge in [0, 0.05) is 26.4 Å². The molecule has 2 amide bonds. The zero-order chi connectivity index (χ0) is 15.8. The largest absolute Gasteiger partial charge is 0.484 e. The van der Waals surface area contributed by atoms with Crippen LogP contribution in [0.3, 0.4) is 0 Å². The van der Waals surface area contributed by atoms with Crippen molar-refractivity contribution < 1.29 is 19.1 Å². The van der Waals surface area contributed by atoms with Crippen LogP contribution in [0.2, 0.25) is 0 Å². The summed E-state index contributed by atoms with van der Waals surface area (Å²) in [6.07, 6.45) is -0.497. The number of nitrogens with one attached hydrogen (secondary N) is 1. The first-order valence-corrected chi connectivity index (χ1v) is 6.79. The van der Waals surface area contributed by atoms with Gasteiger partial charge in [0.1, 0.15) is 11.9 Å². The molecule has 0 unspecified atom stereocenters. The fourth-order valence-corrected chi connectivity index (χ4v) is 1.48. The van der Waals surface area contributed by atoms with Crippen molar-refractivity contribution in [1.82, 2.24) is 4.90 Å². The summed E-state index contributed by atoms with van der Waals surface area (Å²) in [6, 6.07) is 6.83. The smallest absolute Gasteiger partial charge is 0.259 e. The Hall–Kier alpha value is -2.08. The van der Waals surface area contributed by atoms with Gasteiger partial charge in [-0.1, -0.05) is 0 Å². The normalized spacial score (nSPS) is 11.6. The van der Waals surface area contributed by atoms with Crippen molar-refractivity contribution in [3.05, 3.63) is 24.3 Å². The van der Waals surface area contributed by atoms with Crippen LogP contribution in [-0.2, 0) is 14.3 Å². The molecule has 0 radical (unpaired) electrons. The minimum Gasteiger partial charge on any atom is -0.484 e. The predicted octanol–water partition coefficient (Wildman–Crippen LogP) is 1.52. The summed E-state index contributed by atoms with van der Waals surface area (Å²) < 4.78 is 10.6. The molecule has 1 atom stereocenters. The number of hydrogen-bond acceptors (Lipinski definition) is 4. The first-order chi connectivity index (χ1) is 9.93. The number of nitrogens with zero attached hydrogens (tertiary/aromatic N) is 1. The molecule has 0 spiro atoms. The van der Waals surface area contributed by atoms with Gasteiger partial charge in [-0.3, -0.25) is 9.59 Å². The number of benzene rings is 1. The number of rotatable bonds is 7. The molecule has 1 rings (SSSR count). The lowest BCUT2D eigenvalue weighted by atomic mass is 10.3. The molecular weight excluding hydrogens is 272 g/mol. The van der Waals surface area contributed by atoms with Gasteiger partial charge in [-0.25, -0.2) is 0 Å². The van der Waals surface area contributed by atoms with Gasteiger partial charge >= 0.3 is 0 Å². The lowest BCUT2D eigenvalue weighted by Crippen LogP contribution is -2.28. The van der Waals surface area contributed by atoms with Gasteiger partial charge in [0.05, 0.1) is 0 Å². The second kappa shape index (κ2) is 8.26. The molecule has 21 heavy (non-hydrogen) atoms. The minimum absolute atomic E-state index is 0.0138. The summed E-state index contributed by atoms with van der Waals surface area (Å²) in [5.74, 6) is 0.257. The average molecular weight is 294 g/mol. The Kier molecular flexibility index (Phi) is 6.68. The third kappa shape index (κ3) is 5.83. The van der Waals surface area contributed by atoms with Gasteiger partial charge in [-0.05, 0) is 38.1 Å². The third-order valence-electron chi connectivity index (χ3n) is 2.77. The van der Waals surface area contributed by atoms with E-state index in [9.17, 15) is 9.59 Å². The minimum atomic E-state index is -0.497. The van der Waals surface area contributed by atoms with Gasteiger partial charge in [-0.2, -0.15) is 0 Å². The molecule has 0 saturated heterocycles. The number of amides is 2. The van der Waals surface area contributed by atoms with E-state index in [0.717, 1.165) is 0 Å². The molecule has 0 heterocycles. The van der Waals surface area contributed by atoms with Crippen LogP contribution in [0.5, 0.6) is 5.75 Å². The summed E-state index contributed by atoms with van der Waals surface area (Å²) in [5.41, 5.74) is 0.651. The molecule has 6 nitrogen and oxygen atoms in total. The number of hydrogen-bond donors (Lipinski definition) is 1. The van der Waals surface area contributed by atoms with Gasteiger partial charge in [0.15, 0.2) is 6.61 Å². The van der Waals surface area contributed by atoms with Crippen LogP contribution in [0.1, 0.15) is 13.8 Å². The molecule has 0 saturated carbocycles. The topological polar surface area (TPSA) is 67.9 Å². The van der Waals surface area contributed by atoms with E-state index in [1.807, 2.05) is 6.92 Å². The summed E-state index contributed by atoms with van der Waals surface area (Å²) in [4.78, 5) is 24.6. The van der Waals surface area contributed by atoms with E-state index in [1.54, 1.807) is 45.3 Å². The summed E-state index contributed by atoms with van der Waals surface area (Å²) in [7, 11) is 3.34. The number of likely N-dealkylation sites (N-methyl/N-ethyl adjacent to an activating group) is 1. The maximum absolute atomic E-state index is 11.8. The SMILES string of the molecule is CCO[C@@H](C)C(=O)Nc1ccc(OCC(=O)N(C)C)cc1. The van der Waals surface area contributed by atoms with E-state index in [2.05, 4.69) is 5.32 Å². The predicted molar refractivity (Wildman–Crippen MR) is 80.3 cm³/mol. The zero-order valence-corrected chi connectivity index (χ0v) is 12.9. The molecule has 6 heteroatoms. The van der Waals surface area contributed by atoms with Crippen LogP contribution in [0.25, 0.3) is 0 Å². The van der Waals surface area contributed by atoms with E-state index in [-0.39, 0.29) is 18.4 Å². The molecular formula is C15H22N2O4. The molecule has 0 aliphatic heterocycles. The van der Waals surface area contributed by atoms with Crippen molar-refractivity contribution in [3.63, 3.8) is 0 Å². The van der Waals surface area contributed by atoms with Crippen molar-refractivity contribution in [2.24, 2.45) is 0 Å². The van der Waals surface area contributed by atoms with E-state index >= 15 is 0 Å². The molecule has 0 aliphatic carbocycles. The van der Waals surface area contributed by atoms with E-state index in [0.29, 0.717) is 18.0 Å². The maximum Gasteiger partial charge on any atom is 0.259 e. The average Bonchev–Trinajstić information content (AvgIpc) is 2.46. The second-order valence-electron chi connectivity index (χ2n) is 4.69. The van der Waals surface area contributed by atoms with E-state index < -0.39 is 6.10 Å². The van der Waals surface area contributed by atoms with Gasteiger partial charge in [0.25, 0.3) is 11.8 Å². The highest BCUT2D eigenvalue weighted by Gasteiger charge is 2.12. The van der Waals surface area contributed by atoms with E-state index in [1.165, 1.54) is 4.90 Å². The number of carbonyl (C=O) groups excluding carboxylic acids is 2. The molecule has 0 bridgehead atoms. The number of anilines is 1. The first-order valence-electron chi connectivity index (χ1n) is 6.79. The van der Waals surface area contributed by atoms with Crippen molar-refractivity contribution in [1.29, 1.82) is 0 Å². The quantitative estimate of drug-likeness (QED) is 0.828. The van der Waals surface area contributed by atoms with E-state index in [4.69, 9.17) is 9.47 Å². The molecule has 1 aromatic rings. The van der Waals surface area contributed by atoms with Gasteiger partial charge in [0.2, 0.25) is 0 Å². The highest BCUT2D eigenvalue weighted by Crippen LogP contribution is 2.16. The first kappa shape index (κ1) is 17.0. The monoisotopic (exact) mass is 294 g/mol. The van der Waals surface area contributed by atoms with Crippen molar-refractivity contribution in [2.75, 3.05) is 32.6 Å². The van der Waals surface area contributed by atoms with Crippen LogP contribution >= 0.6 is 0 Å². The van der Waals surface area contributed by atoms with Crippen LogP contribution in [0.15, 0.2) is 24.3 Å². The van der Waals surface area contributed by atoms with Crippen molar-refractivity contribution >= 4 is 17.5 Å². The number of carbonyl (C=O) groups is 2. The summed E-state index contributed by atoms with van der Waals surface area (Å²) in [6.45, 7) is 4.01. The second-order valence-corrected chi connectivity index (χ2v) is 4.69. The Balaban J connectivity index is 2.50. The Morgan fingerprint density at radius 3 is 2.38 bits per heavy atom. The number of ether oxygens (including phenoxy) is 2. The molecule has 0 aromatic heterocycles. The Morgan fingerprint density at radius 1 is 1.24 bits per heavy atom. The van der Waals surface area contributed by atoms with Crippen LogP contribution in [0.4, 0.5) is 5.69 Å². The molecule has 0 aliphatic rings. The fraction of sp³-hybridized carbons (Fsp3) is 0.467. The van der Waals surface area contributed by atoms with Crippen LogP contribution in [-0.4, -0.2) is 50.1 Å². The maximum atomic E-state index is 11.8. The summed E-state index contributed by atoms with van der Waals surface area (Å²) in [5, 5.41) is 2.74. The van der Waals surface area contributed by atoms with Crippen molar-refractivity contribution in [3.8, 4) is 5.75 Å². The zero-order valence-electron chi connectivity index (χ0n) is 12.9. The van der Waals surface area contributed by atoms with Crippen LogP contribution in [0, 0.1) is 0 Å². The van der Waals surface area contributed by atoms with Gasteiger partial charge < -0.3 is 19.7 Å². The molecule has 0 fully saturated rings. The molecule has 1 N–H and O–H groups in total. The van der Waals surface area contributed by atoms with Crippen molar-refractivity contribution in [2.45, 2.75) is 20.0 Å². The Morgan fingerprint density at radius 2 is 1.86 bits per heavy atom. The summed E-state index contributed by atoms with van der Waals surface area (Å²) >= 11 is 0. The fourth-order valence-electron chi connectivity index (χ4n) is 1.48.